The molecule has 1 aromatic heterocycles. The molecule has 2 aromatic rings. The van der Waals surface area contributed by atoms with Crippen LogP contribution in [0, 0.1) is 0 Å². The number of rotatable bonds is 15. The number of carbonyl (C=O) groups excluding carboxylic acids is 1. The van der Waals surface area contributed by atoms with Crippen molar-refractivity contribution in [1.29, 1.82) is 0 Å². The van der Waals surface area contributed by atoms with Crippen molar-refractivity contribution in [2.45, 2.75) is 121 Å². The van der Waals surface area contributed by atoms with Gasteiger partial charge in [0.05, 0.1) is 10.5 Å². The van der Waals surface area contributed by atoms with Crippen LogP contribution in [0.1, 0.15) is 107 Å². The van der Waals surface area contributed by atoms with Crippen LogP contribution in [-0.2, 0) is 0 Å². The lowest BCUT2D eigenvalue weighted by atomic mass is 9.98. The normalized spacial score (nSPS) is 16.1. The zero-order chi connectivity index (χ0) is 27.5. The Balaban J connectivity index is 1.51. The molecule has 1 fully saturated rings. The van der Waals surface area contributed by atoms with E-state index in [0.29, 0.717) is 26.1 Å². The molecule has 1 aliphatic rings. The van der Waals surface area contributed by atoms with Crippen LogP contribution in [0.4, 0.5) is 0 Å². The van der Waals surface area contributed by atoms with E-state index in [1.54, 1.807) is 4.57 Å². The van der Waals surface area contributed by atoms with Gasteiger partial charge in [-0.15, -0.1) is 63.1 Å². The van der Waals surface area contributed by atoms with Crippen LogP contribution >= 0.6 is 63.1 Å². The monoisotopic (exact) mass is 608 g/mol. The van der Waals surface area contributed by atoms with Crippen molar-refractivity contribution < 1.29 is 4.79 Å². The lowest BCUT2D eigenvalue weighted by Crippen LogP contribution is -2.12. The summed E-state index contributed by atoms with van der Waals surface area (Å²) in [6, 6.07) is 0. The lowest BCUT2D eigenvalue weighted by Gasteiger charge is -2.13. The maximum absolute atomic E-state index is 13.5. The van der Waals surface area contributed by atoms with Crippen molar-refractivity contribution in [3.8, 4) is 0 Å². The number of benzene rings is 1. The summed E-state index contributed by atoms with van der Waals surface area (Å²) in [5.74, 6) is 0.345. The number of thiol groups is 5. The summed E-state index contributed by atoms with van der Waals surface area (Å²) in [5, 5.41) is 5.08. The maximum atomic E-state index is 13.5. The first-order valence-electron chi connectivity index (χ1n) is 14.2. The average molecular weight is 609 g/mol. The van der Waals surface area contributed by atoms with Crippen LogP contribution in [0.3, 0.4) is 0 Å². The van der Waals surface area contributed by atoms with Crippen LogP contribution in [0.25, 0.3) is 10.9 Å². The summed E-state index contributed by atoms with van der Waals surface area (Å²) >= 11 is 23.7. The molecule has 1 N–H and O–H groups in total. The number of nitrogens with one attached hydrogen (secondary N) is 1. The standard InChI is InChI=1S/C30H44N2OS5/c1-2-3-4-5-6-7-8-9-10-11-12-13-14-15-16-17-22(33)32-25-24(26(34)28(36)29(37)27(25)35)23(30(32)38)21-18-19-31-20-21/h6-7,9-10,21,31,34-38H,2-5,8,11-20H2,1H3/b7-6-,10-9-/t21-/m0/s1. The number of carbonyl (C=O) groups is 1. The predicted octanol–water partition coefficient (Wildman–Crippen LogP) is 9.62. The molecule has 0 amide bonds. The van der Waals surface area contributed by atoms with Crippen LogP contribution in [0.2, 0.25) is 0 Å². The van der Waals surface area contributed by atoms with E-state index in [1.807, 2.05) is 0 Å². The number of unbranched alkanes of at least 4 members (excludes halogenated alkanes) is 8. The Morgan fingerprint density at radius 3 is 2.13 bits per heavy atom. The number of hydrogen-bond acceptors (Lipinski definition) is 7. The summed E-state index contributed by atoms with van der Waals surface area (Å²) < 4.78 is 1.75. The van der Waals surface area contributed by atoms with E-state index in [0.717, 1.165) is 73.0 Å². The molecule has 2 heterocycles. The van der Waals surface area contributed by atoms with Crippen LogP contribution in [0.15, 0.2) is 48.9 Å². The molecule has 1 saturated heterocycles. The molecule has 0 unspecified atom stereocenters. The molecule has 0 spiro atoms. The average Bonchev–Trinajstić information content (AvgIpc) is 3.54. The first kappa shape index (κ1) is 32.1. The van der Waals surface area contributed by atoms with E-state index in [2.05, 4.69) is 61.8 Å². The van der Waals surface area contributed by atoms with Crippen molar-refractivity contribution in [2.24, 2.45) is 0 Å². The van der Waals surface area contributed by atoms with Gasteiger partial charge >= 0.3 is 0 Å². The molecule has 0 saturated carbocycles. The van der Waals surface area contributed by atoms with Gasteiger partial charge in [0.2, 0.25) is 5.91 Å². The molecular weight excluding hydrogens is 565 g/mol. The molecule has 0 radical (unpaired) electrons. The number of aromatic nitrogens is 1. The molecule has 0 bridgehead atoms. The van der Waals surface area contributed by atoms with Gasteiger partial charge in [-0.3, -0.25) is 9.36 Å². The highest BCUT2D eigenvalue weighted by Gasteiger charge is 2.30. The van der Waals surface area contributed by atoms with Crippen molar-refractivity contribution in [1.82, 2.24) is 9.88 Å². The second-order valence-corrected chi connectivity index (χ2v) is 12.5. The third-order valence-corrected chi connectivity index (χ3v) is 10.1. The van der Waals surface area contributed by atoms with Crippen molar-refractivity contribution in [3.63, 3.8) is 0 Å². The highest BCUT2D eigenvalue weighted by atomic mass is 32.1. The Morgan fingerprint density at radius 2 is 1.47 bits per heavy atom. The van der Waals surface area contributed by atoms with Gasteiger partial charge in [0.15, 0.2) is 0 Å². The Morgan fingerprint density at radius 1 is 0.842 bits per heavy atom. The predicted molar refractivity (Wildman–Crippen MR) is 178 cm³/mol. The molecule has 1 aromatic carbocycles. The molecule has 1 aliphatic heterocycles. The smallest absolute Gasteiger partial charge is 0.232 e. The first-order chi connectivity index (χ1) is 18.4. The SMILES string of the molecule is CCCCC/C=C\C/C=C\CCCCCCCC(=O)n1c(S)c([C@H]2CCNC2)c2c(S)c(S)c(S)c(S)c21. The van der Waals surface area contributed by atoms with Crippen molar-refractivity contribution in [3.05, 3.63) is 29.9 Å². The molecule has 8 heteroatoms. The molecule has 210 valence electrons. The van der Waals surface area contributed by atoms with Crippen LogP contribution in [-0.4, -0.2) is 23.6 Å². The van der Waals surface area contributed by atoms with E-state index in [-0.39, 0.29) is 11.8 Å². The van der Waals surface area contributed by atoms with Gasteiger partial charge in [0.1, 0.15) is 0 Å². The van der Waals surface area contributed by atoms with Crippen molar-refractivity contribution >= 4 is 80.0 Å². The van der Waals surface area contributed by atoms with Gasteiger partial charge in [-0.1, -0.05) is 63.3 Å². The quantitative estimate of drug-likeness (QED) is 0.0692. The second-order valence-electron chi connectivity index (χ2n) is 10.3. The molecule has 1 atom stereocenters. The van der Waals surface area contributed by atoms with Gasteiger partial charge in [-0.2, -0.15) is 0 Å². The lowest BCUT2D eigenvalue weighted by molar-refractivity contribution is 0.0894. The largest absolute Gasteiger partial charge is 0.316 e. The van der Waals surface area contributed by atoms with Crippen molar-refractivity contribution in [2.75, 3.05) is 13.1 Å². The topological polar surface area (TPSA) is 34.0 Å². The summed E-state index contributed by atoms with van der Waals surface area (Å²) in [4.78, 5) is 16.2. The number of fused-ring (bicyclic) bond motifs is 1. The van der Waals surface area contributed by atoms with E-state index < -0.39 is 0 Å². The summed E-state index contributed by atoms with van der Waals surface area (Å²) in [5.41, 5.74) is 1.84. The van der Waals surface area contributed by atoms with E-state index in [1.165, 1.54) is 38.5 Å². The van der Waals surface area contributed by atoms with E-state index in [9.17, 15) is 4.79 Å². The number of hydrogen-bond donors (Lipinski definition) is 6. The number of allylic oxidation sites excluding steroid dienone is 4. The summed E-state index contributed by atoms with van der Waals surface area (Å²) in [6.07, 6.45) is 23.5. The number of nitrogens with zero attached hydrogens (tertiary/aromatic N) is 1. The van der Waals surface area contributed by atoms with Gasteiger partial charge in [-0.05, 0) is 57.1 Å². The van der Waals surface area contributed by atoms with Gasteiger partial charge < -0.3 is 5.32 Å². The van der Waals surface area contributed by atoms with E-state index >= 15 is 0 Å². The molecule has 38 heavy (non-hydrogen) atoms. The van der Waals surface area contributed by atoms with Gasteiger partial charge in [-0.25, -0.2) is 0 Å². The Hall–Kier alpha value is -0.380. The molecular formula is C30H44N2OS5. The summed E-state index contributed by atoms with van der Waals surface area (Å²) in [7, 11) is 0. The Labute approximate surface area is 257 Å². The fraction of sp³-hybridized carbons (Fsp3) is 0.567. The summed E-state index contributed by atoms with van der Waals surface area (Å²) in [6.45, 7) is 4.07. The highest BCUT2D eigenvalue weighted by Crippen LogP contribution is 2.47. The third kappa shape index (κ3) is 8.32. The van der Waals surface area contributed by atoms with Crippen LogP contribution < -0.4 is 5.32 Å². The minimum Gasteiger partial charge on any atom is -0.316 e. The van der Waals surface area contributed by atoms with Gasteiger partial charge in [0, 0.05) is 43.9 Å². The highest BCUT2D eigenvalue weighted by molar-refractivity contribution is 7.86. The maximum Gasteiger partial charge on any atom is 0.232 e. The molecule has 3 rings (SSSR count). The zero-order valence-electron chi connectivity index (χ0n) is 22.6. The molecule has 0 aliphatic carbocycles. The second kappa shape index (κ2) is 16.8. The zero-order valence-corrected chi connectivity index (χ0v) is 27.1. The Kier molecular flexibility index (Phi) is 14.2. The minimum atomic E-state index is 0.0607. The van der Waals surface area contributed by atoms with Crippen LogP contribution in [0.5, 0.6) is 0 Å². The third-order valence-electron chi connectivity index (χ3n) is 7.38. The Bertz CT molecular complexity index is 1130. The van der Waals surface area contributed by atoms with Gasteiger partial charge in [0.25, 0.3) is 0 Å². The fourth-order valence-corrected chi connectivity index (χ4v) is 7.01. The first-order valence-corrected chi connectivity index (χ1v) is 16.4. The van der Waals surface area contributed by atoms with E-state index in [4.69, 9.17) is 37.9 Å². The fourth-order valence-electron chi connectivity index (χ4n) is 5.23. The minimum absolute atomic E-state index is 0.0607. The molecule has 3 nitrogen and oxygen atoms in total.